The second-order valence-electron chi connectivity index (χ2n) is 5.94. The number of carbonyl (C=O) groups excluding carboxylic acids is 1. The van der Waals surface area contributed by atoms with E-state index in [-0.39, 0.29) is 11.3 Å². The van der Waals surface area contributed by atoms with E-state index in [1.165, 1.54) is 6.20 Å². The van der Waals surface area contributed by atoms with Crippen molar-refractivity contribution in [1.29, 1.82) is 0 Å². The van der Waals surface area contributed by atoms with Crippen LogP contribution in [0.15, 0.2) is 12.4 Å². The monoisotopic (exact) mass is 264 g/mol. The van der Waals surface area contributed by atoms with Crippen LogP contribution in [0.4, 0.5) is 5.82 Å². The number of aromatic nitrogens is 2. The van der Waals surface area contributed by atoms with Gasteiger partial charge in [0.15, 0.2) is 0 Å². The Kier molecular flexibility index (Phi) is 5.27. The third kappa shape index (κ3) is 5.24. The van der Waals surface area contributed by atoms with Crippen molar-refractivity contribution < 1.29 is 4.79 Å². The van der Waals surface area contributed by atoms with Gasteiger partial charge >= 0.3 is 0 Å². The maximum Gasteiger partial charge on any atom is 0.273 e. The normalized spacial score (nSPS) is 11.2. The Bertz CT molecular complexity index is 426. The molecule has 5 nitrogen and oxygen atoms in total. The Hall–Kier alpha value is -1.65. The molecule has 0 unspecified atom stereocenters. The summed E-state index contributed by atoms with van der Waals surface area (Å²) < 4.78 is 0. The van der Waals surface area contributed by atoms with E-state index in [9.17, 15) is 4.79 Å². The molecule has 0 saturated heterocycles. The van der Waals surface area contributed by atoms with Crippen molar-refractivity contribution in [1.82, 2.24) is 14.9 Å². The van der Waals surface area contributed by atoms with Crippen molar-refractivity contribution in [3.63, 3.8) is 0 Å². The van der Waals surface area contributed by atoms with Crippen LogP contribution in [0, 0.1) is 5.41 Å². The molecule has 1 aromatic rings. The molecule has 106 valence electrons. The van der Waals surface area contributed by atoms with E-state index in [0.717, 1.165) is 13.0 Å². The van der Waals surface area contributed by atoms with Crippen LogP contribution in [0.3, 0.4) is 0 Å². The first kappa shape index (κ1) is 15.4. The zero-order chi connectivity index (χ0) is 14.5. The summed E-state index contributed by atoms with van der Waals surface area (Å²) in [5.74, 6) is 0.555. The number of nitrogens with zero attached hydrogens (tertiary/aromatic N) is 3. The van der Waals surface area contributed by atoms with Crippen molar-refractivity contribution in [2.24, 2.45) is 5.41 Å². The molecular formula is C14H24N4O. The second-order valence-corrected chi connectivity index (χ2v) is 5.94. The van der Waals surface area contributed by atoms with Crippen LogP contribution >= 0.6 is 0 Å². The SMILES string of the molecule is CCCNc1cncc(C(=O)N(C)CC(C)(C)C)n1. The van der Waals surface area contributed by atoms with Crippen LogP contribution in [0.5, 0.6) is 0 Å². The lowest BCUT2D eigenvalue weighted by atomic mass is 9.96. The van der Waals surface area contributed by atoms with E-state index in [1.807, 2.05) is 0 Å². The number of amides is 1. The van der Waals surface area contributed by atoms with Crippen molar-refractivity contribution in [2.75, 3.05) is 25.5 Å². The van der Waals surface area contributed by atoms with Gasteiger partial charge in [0.25, 0.3) is 5.91 Å². The predicted molar refractivity (Wildman–Crippen MR) is 77.2 cm³/mol. The van der Waals surface area contributed by atoms with Gasteiger partial charge in [-0.15, -0.1) is 0 Å². The van der Waals surface area contributed by atoms with E-state index in [2.05, 4.69) is 43.0 Å². The smallest absolute Gasteiger partial charge is 0.273 e. The molecule has 0 aromatic carbocycles. The molecule has 0 atom stereocenters. The average molecular weight is 264 g/mol. The summed E-state index contributed by atoms with van der Waals surface area (Å²) >= 11 is 0. The Morgan fingerprint density at radius 3 is 2.63 bits per heavy atom. The van der Waals surface area contributed by atoms with Crippen LogP contribution in [0.2, 0.25) is 0 Å². The van der Waals surface area contributed by atoms with E-state index in [1.54, 1.807) is 18.1 Å². The average Bonchev–Trinajstić information content (AvgIpc) is 2.33. The molecule has 1 rings (SSSR count). The number of hydrogen-bond acceptors (Lipinski definition) is 4. The van der Waals surface area contributed by atoms with Gasteiger partial charge in [-0.1, -0.05) is 27.7 Å². The molecule has 0 aliphatic heterocycles. The number of hydrogen-bond donors (Lipinski definition) is 1. The summed E-state index contributed by atoms with van der Waals surface area (Å²) in [7, 11) is 1.79. The Balaban J connectivity index is 2.76. The van der Waals surface area contributed by atoms with Crippen molar-refractivity contribution in [2.45, 2.75) is 34.1 Å². The van der Waals surface area contributed by atoms with E-state index < -0.39 is 0 Å². The van der Waals surface area contributed by atoms with Crippen molar-refractivity contribution in [3.8, 4) is 0 Å². The molecule has 1 N–H and O–H groups in total. The standard InChI is InChI=1S/C14H24N4O/c1-6-7-16-12-9-15-8-11(17-12)13(19)18(5)10-14(2,3)4/h8-9H,6-7,10H2,1-5H3,(H,16,17). The van der Waals surface area contributed by atoms with Gasteiger partial charge in [-0.2, -0.15) is 0 Å². The summed E-state index contributed by atoms with van der Waals surface area (Å²) in [6.07, 6.45) is 4.15. The lowest BCUT2D eigenvalue weighted by Crippen LogP contribution is -2.35. The molecule has 1 heterocycles. The van der Waals surface area contributed by atoms with Gasteiger partial charge in [-0.05, 0) is 11.8 Å². The fourth-order valence-corrected chi connectivity index (χ4v) is 1.79. The molecule has 0 bridgehead atoms. The highest BCUT2D eigenvalue weighted by molar-refractivity contribution is 5.92. The van der Waals surface area contributed by atoms with Gasteiger partial charge in [0, 0.05) is 20.1 Å². The molecule has 0 saturated carbocycles. The molecule has 0 radical (unpaired) electrons. The summed E-state index contributed by atoms with van der Waals surface area (Å²) in [5, 5.41) is 3.13. The molecule has 5 heteroatoms. The molecule has 19 heavy (non-hydrogen) atoms. The minimum Gasteiger partial charge on any atom is -0.369 e. The van der Waals surface area contributed by atoms with Crippen molar-refractivity contribution in [3.05, 3.63) is 18.1 Å². The topological polar surface area (TPSA) is 58.1 Å². The van der Waals surface area contributed by atoms with Crippen LogP contribution in [0.1, 0.15) is 44.6 Å². The highest BCUT2D eigenvalue weighted by Crippen LogP contribution is 2.15. The second kappa shape index (κ2) is 6.50. The maximum absolute atomic E-state index is 12.2. The summed E-state index contributed by atoms with van der Waals surface area (Å²) in [6, 6.07) is 0. The first-order valence-electron chi connectivity index (χ1n) is 6.65. The first-order chi connectivity index (χ1) is 8.83. The van der Waals surface area contributed by atoms with Gasteiger partial charge in [0.2, 0.25) is 0 Å². The molecule has 0 aliphatic carbocycles. The number of rotatable bonds is 5. The number of nitrogens with one attached hydrogen (secondary N) is 1. The van der Waals surface area contributed by atoms with Crippen LogP contribution in [0.25, 0.3) is 0 Å². The van der Waals surface area contributed by atoms with Gasteiger partial charge in [0.05, 0.1) is 12.4 Å². The summed E-state index contributed by atoms with van der Waals surface area (Å²) in [4.78, 5) is 22.3. The number of anilines is 1. The third-order valence-electron chi connectivity index (χ3n) is 2.47. The molecular weight excluding hydrogens is 240 g/mol. The van der Waals surface area contributed by atoms with Crippen molar-refractivity contribution >= 4 is 11.7 Å². The largest absolute Gasteiger partial charge is 0.369 e. The quantitative estimate of drug-likeness (QED) is 0.887. The molecule has 1 amide bonds. The van der Waals surface area contributed by atoms with Crippen LogP contribution < -0.4 is 5.32 Å². The Morgan fingerprint density at radius 1 is 1.37 bits per heavy atom. The van der Waals surface area contributed by atoms with Gasteiger partial charge in [0.1, 0.15) is 11.5 Å². The molecule has 0 aliphatic rings. The van der Waals surface area contributed by atoms with E-state index in [4.69, 9.17) is 0 Å². The van der Waals surface area contributed by atoms with Crippen LogP contribution in [-0.4, -0.2) is 40.9 Å². The van der Waals surface area contributed by atoms with E-state index in [0.29, 0.717) is 18.1 Å². The predicted octanol–water partition coefficient (Wildman–Crippen LogP) is 2.42. The molecule has 0 fully saturated rings. The minimum absolute atomic E-state index is 0.0654. The Labute approximate surface area is 115 Å². The molecule has 1 aromatic heterocycles. The zero-order valence-corrected chi connectivity index (χ0v) is 12.5. The fourth-order valence-electron chi connectivity index (χ4n) is 1.79. The first-order valence-corrected chi connectivity index (χ1v) is 6.65. The van der Waals surface area contributed by atoms with Gasteiger partial charge < -0.3 is 10.2 Å². The summed E-state index contributed by atoms with van der Waals surface area (Å²) in [5.41, 5.74) is 0.448. The zero-order valence-electron chi connectivity index (χ0n) is 12.5. The number of carbonyl (C=O) groups is 1. The third-order valence-corrected chi connectivity index (χ3v) is 2.47. The minimum atomic E-state index is -0.0948. The Morgan fingerprint density at radius 2 is 2.05 bits per heavy atom. The lowest BCUT2D eigenvalue weighted by Gasteiger charge is -2.26. The highest BCUT2D eigenvalue weighted by Gasteiger charge is 2.20. The van der Waals surface area contributed by atoms with Gasteiger partial charge in [-0.25, -0.2) is 4.98 Å². The van der Waals surface area contributed by atoms with Gasteiger partial charge in [-0.3, -0.25) is 9.78 Å². The van der Waals surface area contributed by atoms with E-state index >= 15 is 0 Å². The molecule has 0 spiro atoms. The summed E-state index contributed by atoms with van der Waals surface area (Å²) in [6.45, 7) is 9.88. The maximum atomic E-state index is 12.2. The highest BCUT2D eigenvalue weighted by atomic mass is 16.2. The fraction of sp³-hybridized carbons (Fsp3) is 0.643. The lowest BCUT2D eigenvalue weighted by molar-refractivity contribution is 0.0739. The van der Waals surface area contributed by atoms with Crippen LogP contribution in [-0.2, 0) is 0 Å².